The molecule has 4 aliphatic rings. The van der Waals surface area contributed by atoms with Gasteiger partial charge >= 0.3 is 0 Å². The molecule has 0 aliphatic carbocycles. The second-order valence-corrected chi connectivity index (χ2v) is 24.3. The van der Waals surface area contributed by atoms with Crippen molar-refractivity contribution in [1.82, 2.24) is 50.2 Å². The Kier molecular flexibility index (Phi) is 13.0. The third-order valence-electron chi connectivity index (χ3n) is 14.0. The maximum absolute atomic E-state index is 13.3. The number of hydrazine groups is 1. The van der Waals surface area contributed by atoms with E-state index in [1.54, 1.807) is 10.0 Å². The van der Waals surface area contributed by atoms with Gasteiger partial charge in [0.1, 0.15) is 0 Å². The molecular formula is C44H78N16O4. The summed E-state index contributed by atoms with van der Waals surface area (Å²) in [4.78, 5) is 29.6. The van der Waals surface area contributed by atoms with Crippen LogP contribution < -0.4 is 31.3 Å². The van der Waals surface area contributed by atoms with E-state index in [1.165, 1.54) is 20.3 Å². The van der Waals surface area contributed by atoms with Crippen molar-refractivity contribution in [3.8, 4) is 0 Å². The van der Waals surface area contributed by atoms with Crippen LogP contribution in [0.2, 0.25) is 0 Å². The summed E-state index contributed by atoms with van der Waals surface area (Å²) in [6, 6.07) is -0.442. The third kappa shape index (κ3) is 10.4. The molecule has 4 radical (unpaired) electrons. The minimum absolute atomic E-state index is 0.111. The fourth-order valence-corrected chi connectivity index (χ4v) is 11.7. The molecule has 64 heavy (non-hydrogen) atoms. The van der Waals surface area contributed by atoms with Crippen LogP contribution in [0.4, 0.5) is 35.7 Å². The number of hydrogen-bond acceptors (Lipinski definition) is 16. The summed E-state index contributed by atoms with van der Waals surface area (Å²) in [6.07, 6.45) is 4.59. The van der Waals surface area contributed by atoms with Gasteiger partial charge in [-0.1, -0.05) is 0 Å². The SMILES string of the molecule is CN(c1nc(NC2CC(C)(C)N([O])C(C)(C)C2)nc(NC2CC(C)(C)N([O])C(C)(C)C2)n1)N(C)c1nc(NC2CC(C)(C)N([O])C(C)(C)C2)nc(NC2CC(C)(C)N([O])C(C)(C)C2)n1. The largest absolute Gasteiger partial charge is 0.351 e. The lowest BCUT2D eigenvalue weighted by molar-refractivity contribution is -0.288. The number of rotatable bonds is 11. The van der Waals surface area contributed by atoms with E-state index in [9.17, 15) is 20.8 Å². The average molecular weight is 895 g/mol. The van der Waals surface area contributed by atoms with E-state index in [4.69, 9.17) is 29.9 Å². The van der Waals surface area contributed by atoms with Crippen molar-refractivity contribution in [2.24, 2.45) is 0 Å². The van der Waals surface area contributed by atoms with Crippen molar-refractivity contribution in [3.05, 3.63) is 0 Å². The predicted molar refractivity (Wildman–Crippen MR) is 246 cm³/mol. The van der Waals surface area contributed by atoms with Gasteiger partial charge in [-0.05, 0) is 162 Å². The summed E-state index contributed by atoms with van der Waals surface area (Å²) < 4.78 is 0. The molecule has 4 aliphatic heterocycles. The van der Waals surface area contributed by atoms with Gasteiger partial charge < -0.3 is 21.3 Å². The van der Waals surface area contributed by atoms with E-state index in [2.05, 4.69) is 21.3 Å². The van der Waals surface area contributed by atoms with Crippen LogP contribution in [0.1, 0.15) is 162 Å². The molecule has 4 saturated heterocycles. The van der Waals surface area contributed by atoms with Crippen LogP contribution >= 0.6 is 0 Å². The van der Waals surface area contributed by atoms with Gasteiger partial charge in [0.2, 0.25) is 23.8 Å². The predicted octanol–water partition coefficient (Wildman–Crippen LogP) is 6.66. The number of nitrogens with zero attached hydrogens (tertiary/aromatic N) is 12. The number of anilines is 6. The lowest BCUT2D eigenvalue weighted by Crippen LogP contribution is -2.61. The Hall–Kier alpha value is -3.50. The molecule has 20 heteroatoms. The van der Waals surface area contributed by atoms with Crippen LogP contribution in [0.5, 0.6) is 0 Å². The topological polar surface area (TPSA) is 224 Å². The van der Waals surface area contributed by atoms with Crippen molar-refractivity contribution >= 4 is 35.7 Å². The van der Waals surface area contributed by atoms with E-state index in [0.717, 1.165) is 0 Å². The van der Waals surface area contributed by atoms with Gasteiger partial charge in [-0.15, -0.1) is 41.1 Å². The normalized spacial score (nSPS) is 26.3. The molecule has 358 valence electrons. The standard InChI is InChI=1S/C44H78N16O4/c1-37(2)19-27(20-38(3,4)57(37)61)45-31-49-32(46-28-21-39(5,6)58(62)40(7,8)22-28)52-35(51-31)55(17)56(18)36-53-33(47-29-23-41(9,10)59(63)42(11,12)24-29)50-34(54-36)48-30-25-43(13,14)60(64)44(15,16)26-30/h27-30H,19-26H2,1-18H3,(H2,45,46,49,51,52)(H2,47,48,50,53,54). The Morgan fingerprint density at radius 2 is 0.500 bits per heavy atom. The fraction of sp³-hybridized carbons (Fsp3) is 0.864. The Labute approximate surface area is 381 Å². The van der Waals surface area contributed by atoms with Gasteiger partial charge in [0.05, 0.1) is 0 Å². The summed E-state index contributed by atoms with van der Waals surface area (Å²) in [5.74, 6) is 1.96. The second-order valence-electron chi connectivity index (χ2n) is 24.3. The first-order valence-electron chi connectivity index (χ1n) is 23.0. The van der Waals surface area contributed by atoms with Gasteiger partial charge in [-0.3, -0.25) is 10.0 Å². The van der Waals surface area contributed by atoms with Gasteiger partial charge in [-0.2, -0.15) is 29.9 Å². The molecule has 0 spiro atoms. The average Bonchev–Trinajstić information content (AvgIpc) is 3.12. The number of aromatic nitrogens is 6. The van der Waals surface area contributed by atoms with E-state index in [-0.39, 0.29) is 24.2 Å². The molecule has 4 fully saturated rings. The van der Waals surface area contributed by atoms with Crippen LogP contribution in [-0.2, 0) is 20.8 Å². The molecule has 6 heterocycles. The van der Waals surface area contributed by atoms with Crippen molar-refractivity contribution in [2.75, 3.05) is 45.4 Å². The van der Waals surface area contributed by atoms with Crippen molar-refractivity contribution in [2.45, 2.75) is 231 Å². The molecule has 0 aromatic carbocycles. The van der Waals surface area contributed by atoms with E-state index >= 15 is 0 Å². The molecule has 0 amide bonds. The third-order valence-corrected chi connectivity index (χ3v) is 14.0. The van der Waals surface area contributed by atoms with Crippen LogP contribution in [0.25, 0.3) is 0 Å². The number of hydrogen-bond donors (Lipinski definition) is 4. The fourth-order valence-electron chi connectivity index (χ4n) is 11.7. The van der Waals surface area contributed by atoms with Crippen LogP contribution in [0.15, 0.2) is 0 Å². The molecule has 6 rings (SSSR count). The highest BCUT2D eigenvalue weighted by Crippen LogP contribution is 2.42. The zero-order valence-corrected chi connectivity index (χ0v) is 42.0. The summed E-state index contributed by atoms with van der Waals surface area (Å²) in [7, 11) is 3.64. The van der Waals surface area contributed by atoms with Gasteiger partial charge in [0, 0.05) is 82.6 Å². The van der Waals surface area contributed by atoms with Crippen molar-refractivity contribution < 1.29 is 20.8 Å². The Bertz CT molecular complexity index is 1660. The highest BCUT2D eigenvalue weighted by atomic mass is 16.5. The summed E-state index contributed by atoms with van der Waals surface area (Å²) >= 11 is 0. The lowest BCUT2D eigenvalue weighted by atomic mass is 9.79. The second kappa shape index (κ2) is 16.7. The molecule has 4 N–H and O–H groups in total. The minimum atomic E-state index is -0.623. The van der Waals surface area contributed by atoms with Crippen LogP contribution in [-0.4, -0.2) is 133 Å². The molecule has 0 bridgehead atoms. The molecule has 20 nitrogen and oxygen atoms in total. The van der Waals surface area contributed by atoms with E-state index < -0.39 is 44.3 Å². The molecule has 0 atom stereocenters. The van der Waals surface area contributed by atoms with Gasteiger partial charge in [0.25, 0.3) is 11.9 Å². The van der Waals surface area contributed by atoms with Crippen molar-refractivity contribution in [3.63, 3.8) is 0 Å². The van der Waals surface area contributed by atoms with E-state index in [0.29, 0.717) is 87.1 Å². The number of nitrogens with one attached hydrogen (secondary N) is 4. The summed E-state index contributed by atoms with van der Waals surface area (Å²) in [5.41, 5.74) is -4.98. The zero-order valence-electron chi connectivity index (χ0n) is 42.0. The lowest BCUT2D eigenvalue weighted by Gasteiger charge is -2.50. The monoisotopic (exact) mass is 895 g/mol. The Balaban J connectivity index is 1.37. The summed E-state index contributed by atoms with van der Waals surface area (Å²) in [5, 5.41) is 75.6. The molecular weight excluding hydrogens is 817 g/mol. The summed E-state index contributed by atoms with van der Waals surface area (Å²) in [6.45, 7) is 31.3. The smallest absolute Gasteiger partial charge is 0.251 e. The quantitative estimate of drug-likeness (QED) is 0.173. The molecule has 2 aromatic rings. The van der Waals surface area contributed by atoms with E-state index in [1.807, 2.05) is 125 Å². The highest BCUT2D eigenvalue weighted by Gasteiger charge is 2.50. The van der Waals surface area contributed by atoms with Gasteiger partial charge in [-0.25, -0.2) is 0 Å². The molecule has 0 saturated carbocycles. The Morgan fingerprint density at radius 1 is 0.344 bits per heavy atom. The minimum Gasteiger partial charge on any atom is -0.351 e. The van der Waals surface area contributed by atoms with Crippen LogP contribution in [0.3, 0.4) is 0 Å². The maximum atomic E-state index is 13.3. The zero-order chi connectivity index (χ0) is 48.0. The highest BCUT2D eigenvalue weighted by molar-refractivity contribution is 5.52. The Morgan fingerprint density at radius 3 is 0.656 bits per heavy atom. The first-order chi connectivity index (χ1) is 29.0. The first-order valence-corrected chi connectivity index (χ1v) is 23.0. The first kappa shape index (κ1) is 49.9. The number of piperidine rings is 4. The van der Waals surface area contributed by atoms with Crippen molar-refractivity contribution in [1.29, 1.82) is 0 Å². The number of hydroxylamine groups is 8. The van der Waals surface area contributed by atoms with Crippen LogP contribution in [0, 0.1) is 0 Å². The molecule has 0 unspecified atom stereocenters. The van der Waals surface area contributed by atoms with Gasteiger partial charge in [0.15, 0.2) is 0 Å². The maximum Gasteiger partial charge on any atom is 0.251 e. The molecule has 2 aromatic heterocycles.